The minimum atomic E-state index is -0.192. The molecule has 2 aromatic rings. The summed E-state index contributed by atoms with van der Waals surface area (Å²) in [5.74, 6) is 1.29. The van der Waals surface area contributed by atoms with Crippen LogP contribution in [0.1, 0.15) is 18.1 Å². The van der Waals surface area contributed by atoms with Gasteiger partial charge < -0.3 is 14.8 Å². The number of benzene rings is 2. The number of aryl methyl sites for hydroxylation is 2. The highest BCUT2D eigenvalue weighted by Gasteiger charge is 2.05. The van der Waals surface area contributed by atoms with E-state index in [9.17, 15) is 4.79 Å². The summed E-state index contributed by atoms with van der Waals surface area (Å²) in [6.07, 6.45) is 0. The van der Waals surface area contributed by atoms with Gasteiger partial charge in [-0.3, -0.25) is 4.79 Å². The second-order valence-corrected chi connectivity index (χ2v) is 5.04. The quantitative estimate of drug-likeness (QED) is 0.884. The molecular weight excluding hydrogens is 278 g/mol. The highest BCUT2D eigenvalue weighted by molar-refractivity contribution is 5.91. The molecule has 0 spiro atoms. The van der Waals surface area contributed by atoms with E-state index in [2.05, 4.69) is 5.32 Å². The van der Waals surface area contributed by atoms with E-state index in [4.69, 9.17) is 9.47 Å². The van der Waals surface area contributed by atoms with E-state index in [1.807, 2.05) is 51.1 Å². The lowest BCUT2D eigenvalue weighted by molar-refractivity contribution is -0.118. The Morgan fingerprint density at radius 3 is 2.27 bits per heavy atom. The Morgan fingerprint density at radius 2 is 1.64 bits per heavy atom. The first-order chi connectivity index (χ1) is 10.6. The summed E-state index contributed by atoms with van der Waals surface area (Å²) in [6, 6.07) is 13.0. The third-order valence-corrected chi connectivity index (χ3v) is 3.30. The predicted octanol–water partition coefficient (Wildman–Crippen LogP) is 3.72. The van der Waals surface area contributed by atoms with E-state index in [0.29, 0.717) is 12.4 Å². The second kappa shape index (κ2) is 7.50. The number of hydrogen-bond acceptors (Lipinski definition) is 3. The van der Waals surface area contributed by atoms with Gasteiger partial charge in [0, 0.05) is 5.69 Å². The first-order valence-electron chi connectivity index (χ1n) is 7.31. The molecule has 0 aromatic heterocycles. The zero-order chi connectivity index (χ0) is 15.9. The molecule has 0 heterocycles. The lowest BCUT2D eigenvalue weighted by Gasteiger charge is -2.09. The summed E-state index contributed by atoms with van der Waals surface area (Å²) in [5, 5.41) is 2.79. The maximum absolute atomic E-state index is 11.9. The highest BCUT2D eigenvalue weighted by Crippen LogP contribution is 2.17. The number of rotatable bonds is 6. The van der Waals surface area contributed by atoms with Gasteiger partial charge >= 0.3 is 0 Å². The van der Waals surface area contributed by atoms with Crippen LogP contribution in [0.25, 0.3) is 0 Å². The smallest absolute Gasteiger partial charge is 0.262 e. The van der Waals surface area contributed by atoms with Crippen molar-refractivity contribution in [2.24, 2.45) is 0 Å². The lowest BCUT2D eigenvalue weighted by Crippen LogP contribution is -2.20. The number of carbonyl (C=O) groups is 1. The van der Waals surface area contributed by atoms with Crippen LogP contribution in [0.5, 0.6) is 11.5 Å². The van der Waals surface area contributed by atoms with Crippen molar-refractivity contribution in [1.29, 1.82) is 0 Å². The summed E-state index contributed by atoms with van der Waals surface area (Å²) in [6.45, 7) is 6.59. The number of ether oxygens (including phenoxy) is 2. The fraction of sp³-hybridized carbons (Fsp3) is 0.278. The molecule has 0 saturated carbocycles. The van der Waals surface area contributed by atoms with E-state index in [1.165, 1.54) is 5.56 Å². The lowest BCUT2D eigenvalue weighted by atomic mass is 10.1. The van der Waals surface area contributed by atoms with Crippen molar-refractivity contribution in [2.45, 2.75) is 20.8 Å². The van der Waals surface area contributed by atoms with Crippen LogP contribution < -0.4 is 14.8 Å². The summed E-state index contributed by atoms with van der Waals surface area (Å²) in [4.78, 5) is 11.9. The van der Waals surface area contributed by atoms with Crippen molar-refractivity contribution in [3.63, 3.8) is 0 Å². The van der Waals surface area contributed by atoms with Gasteiger partial charge in [-0.05, 0) is 68.3 Å². The van der Waals surface area contributed by atoms with Crippen LogP contribution in [-0.4, -0.2) is 19.1 Å². The standard InChI is InChI=1S/C18H21NO3/c1-4-21-16-9-6-15(7-10-16)19-18(20)12-22-17-8-5-13(2)14(3)11-17/h5-11H,4,12H2,1-3H3,(H,19,20). The van der Waals surface area contributed by atoms with Crippen molar-refractivity contribution < 1.29 is 14.3 Å². The molecule has 0 fully saturated rings. The van der Waals surface area contributed by atoms with Gasteiger partial charge in [0.05, 0.1) is 6.61 Å². The molecule has 2 aromatic carbocycles. The Morgan fingerprint density at radius 1 is 0.955 bits per heavy atom. The van der Waals surface area contributed by atoms with Crippen LogP contribution in [0.3, 0.4) is 0 Å². The normalized spacial score (nSPS) is 10.1. The Kier molecular flexibility index (Phi) is 5.42. The van der Waals surface area contributed by atoms with Crippen LogP contribution in [0.15, 0.2) is 42.5 Å². The predicted molar refractivity (Wildman–Crippen MR) is 87.7 cm³/mol. The minimum absolute atomic E-state index is 0.0181. The molecule has 4 nitrogen and oxygen atoms in total. The third-order valence-electron chi connectivity index (χ3n) is 3.30. The molecule has 0 atom stereocenters. The van der Waals surface area contributed by atoms with Gasteiger partial charge in [-0.25, -0.2) is 0 Å². The van der Waals surface area contributed by atoms with Crippen LogP contribution in [-0.2, 0) is 4.79 Å². The number of hydrogen-bond donors (Lipinski definition) is 1. The molecule has 0 bridgehead atoms. The van der Waals surface area contributed by atoms with Gasteiger partial charge in [-0.2, -0.15) is 0 Å². The van der Waals surface area contributed by atoms with Crippen LogP contribution in [0.2, 0.25) is 0 Å². The third kappa shape index (κ3) is 4.52. The van der Waals surface area contributed by atoms with E-state index >= 15 is 0 Å². The minimum Gasteiger partial charge on any atom is -0.494 e. The summed E-state index contributed by atoms with van der Waals surface area (Å²) in [7, 11) is 0. The molecule has 0 radical (unpaired) electrons. The Labute approximate surface area is 131 Å². The van der Waals surface area contributed by atoms with E-state index in [0.717, 1.165) is 17.0 Å². The monoisotopic (exact) mass is 299 g/mol. The first kappa shape index (κ1) is 15.9. The number of amides is 1. The average molecular weight is 299 g/mol. The van der Waals surface area contributed by atoms with Gasteiger partial charge in [-0.1, -0.05) is 6.07 Å². The number of anilines is 1. The van der Waals surface area contributed by atoms with E-state index < -0.39 is 0 Å². The van der Waals surface area contributed by atoms with Crippen LogP contribution in [0.4, 0.5) is 5.69 Å². The molecule has 0 aliphatic carbocycles. The van der Waals surface area contributed by atoms with Crippen LogP contribution in [0, 0.1) is 13.8 Å². The molecule has 22 heavy (non-hydrogen) atoms. The molecule has 0 saturated heterocycles. The zero-order valence-corrected chi connectivity index (χ0v) is 13.2. The molecule has 2 rings (SSSR count). The topological polar surface area (TPSA) is 47.6 Å². The van der Waals surface area contributed by atoms with Gasteiger partial charge in [0.25, 0.3) is 5.91 Å². The van der Waals surface area contributed by atoms with Crippen molar-refractivity contribution in [2.75, 3.05) is 18.5 Å². The number of nitrogens with one attached hydrogen (secondary N) is 1. The Balaban J connectivity index is 1.85. The Bertz CT molecular complexity index is 635. The average Bonchev–Trinajstić information content (AvgIpc) is 2.51. The van der Waals surface area contributed by atoms with Gasteiger partial charge in [-0.15, -0.1) is 0 Å². The highest BCUT2D eigenvalue weighted by atomic mass is 16.5. The molecular formula is C18H21NO3. The maximum Gasteiger partial charge on any atom is 0.262 e. The van der Waals surface area contributed by atoms with Crippen molar-refractivity contribution in [3.05, 3.63) is 53.6 Å². The van der Waals surface area contributed by atoms with E-state index in [1.54, 1.807) is 12.1 Å². The van der Waals surface area contributed by atoms with Crippen molar-refractivity contribution >= 4 is 11.6 Å². The molecule has 0 unspecified atom stereocenters. The van der Waals surface area contributed by atoms with Crippen molar-refractivity contribution in [3.8, 4) is 11.5 Å². The van der Waals surface area contributed by atoms with Gasteiger partial charge in [0.15, 0.2) is 6.61 Å². The zero-order valence-electron chi connectivity index (χ0n) is 13.2. The second-order valence-electron chi connectivity index (χ2n) is 5.04. The molecule has 1 amide bonds. The number of carbonyl (C=O) groups excluding carboxylic acids is 1. The fourth-order valence-corrected chi connectivity index (χ4v) is 1.95. The summed E-state index contributed by atoms with van der Waals surface area (Å²) < 4.78 is 10.9. The van der Waals surface area contributed by atoms with Crippen molar-refractivity contribution in [1.82, 2.24) is 0 Å². The fourth-order valence-electron chi connectivity index (χ4n) is 1.95. The van der Waals surface area contributed by atoms with Gasteiger partial charge in [0.2, 0.25) is 0 Å². The molecule has 4 heteroatoms. The van der Waals surface area contributed by atoms with E-state index in [-0.39, 0.29) is 12.5 Å². The SMILES string of the molecule is CCOc1ccc(NC(=O)COc2ccc(C)c(C)c2)cc1. The maximum atomic E-state index is 11.9. The molecule has 1 N–H and O–H groups in total. The molecule has 0 aliphatic rings. The largest absolute Gasteiger partial charge is 0.494 e. The molecule has 116 valence electrons. The first-order valence-corrected chi connectivity index (χ1v) is 7.31. The summed E-state index contributed by atoms with van der Waals surface area (Å²) >= 11 is 0. The van der Waals surface area contributed by atoms with Gasteiger partial charge in [0.1, 0.15) is 11.5 Å². The Hall–Kier alpha value is -2.49. The molecule has 0 aliphatic heterocycles. The summed E-state index contributed by atoms with van der Waals surface area (Å²) in [5.41, 5.74) is 3.06. The van der Waals surface area contributed by atoms with Crippen LogP contribution >= 0.6 is 0 Å².